The second-order valence-corrected chi connectivity index (χ2v) is 11.0. The Morgan fingerprint density at radius 3 is 2.55 bits per heavy atom. The molecule has 2 bridgehead atoms. The Morgan fingerprint density at radius 2 is 1.93 bits per heavy atom. The lowest BCUT2D eigenvalue weighted by atomic mass is 9.83. The van der Waals surface area contributed by atoms with Crippen molar-refractivity contribution in [1.82, 2.24) is 9.62 Å². The first-order chi connectivity index (χ1) is 13.9. The molecule has 1 aromatic carbocycles. The molecule has 160 valence electrons. The van der Waals surface area contributed by atoms with Crippen LogP contribution in [0.4, 0.5) is 0 Å². The molecule has 3 fully saturated rings. The molecule has 1 aliphatic heterocycles. The summed E-state index contributed by atoms with van der Waals surface area (Å²) in [7, 11) is -2.06. The lowest BCUT2D eigenvalue weighted by Crippen LogP contribution is -2.48. The van der Waals surface area contributed by atoms with E-state index in [1.807, 2.05) is 0 Å². The maximum atomic E-state index is 13.0. The summed E-state index contributed by atoms with van der Waals surface area (Å²) in [5.41, 5.74) is 0. The Balaban J connectivity index is 1.38. The Hall–Kier alpha value is -1.60. The molecule has 3 aliphatic rings. The van der Waals surface area contributed by atoms with Gasteiger partial charge < -0.3 is 10.1 Å². The van der Waals surface area contributed by atoms with Gasteiger partial charge >= 0.3 is 0 Å². The quantitative estimate of drug-likeness (QED) is 0.768. The number of piperidine rings is 1. The number of carbonyl (C=O) groups excluding carboxylic acids is 1. The average Bonchev–Trinajstić information content (AvgIpc) is 3.37. The van der Waals surface area contributed by atoms with E-state index in [4.69, 9.17) is 4.74 Å². The first kappa shape index (κ1) is 20.7. The van der Waals surface area contributed by atoms with E-state index in [0.29, 0.717) is 24.6 Å². The van der Waals surface area contributed by atoms with Crippen molar-refractivity contribution in [3.63, 3.8) is 0 Å². The third-order valence-electron chi connectivity index (χ3n) is 7.26. The number of nitrogens with zero attached hydrogens (tertiary/aromatic N) is 1. The van der Waals surface area contributed by atoms with Gasteiger partial charge in [0.15, 0.2) is 0 Å². The van der Waals surface area contributed by atoms with E-state index in [2.05, 4.69) is 12.2 Å². The van der Waals surface area contributed by atoms with Gasteiger partial charge in [-0.3, -0.25) is 4.79 Å². The maximum absolute atomic E-state index is 13.0. The van der Waals surface area contributed by atoms with Gasteiger partial charge in [0.1, 0.15) is 5.75 Å². The fourth-order valence-electron chi connectivity index (χ4n) is 5.63. The summed E-state index contributed by atoms with van der Waals surface area (Å²) in [4.78, 5) is 13.2. The van der Waals surface area contributed by atoms with Crippen LogP contribution in [0.25, 0.3) is 0 Å². The molecule has 1 amide bonds. The van der Waals surface area contributed by atoms with Crippen LogP contribution in [-0.2, 0) is 14.8 Å². The second-order valence-electron chi connectivity index (χ2n) is 9.01. The number of amides is 1. The Morgan fingerprint density at radius 1 is 1.17 bits per heavy atom. The summed E-state index contributed by atoms with van der Waals surface area (Å²) in [5, 5.41) is 3.23. The minimum Gasteiger partial charge on any atom is -0.497 e. The minimum atomic E-state index is -3.61. The van der Waals surface area contributed by atoms with E-state index in [-0.39, 0.29) is 29.3 Å². The highest BCUT2D eigenvalue weighted by atomic mass is 32.2. The Labute approximate surface area is 174 Å². The number of fused-ring (bicyclic) bond motifs is 2. The maximum Gasteiger partial charge on any atom is 0.243 e. The van der Waals surface area contributed by atoms with Crippen LogP contribution in [0.15, 0.2) is 29.2 Å². The fraction of sp³-hybridized carbons (Fsp3) is 0.682. The zero-order valence-electron chi connectivity index (χ0n) is 17.3. The van der Waals surface area contributed by atoms with Gasteiger partial charge in [0, 0.05) is 19.1 Å². The number of nitrogens with one attached hydrogen (secondary N) is 1. The number of ether oxygens (including phenoxy) is 1. The summed E-state index contributed by atoms with van der Waals surface area (Å²) in [5.74, 6) is 2.54. The number of rotatable bonds is 6. The third kappa shape index (κ3) is 4.17. The number of methoxy groups -OCH3 is 1. The van der Waals surface area contributed by atoms with Crippen molar-refractivity contribution in [2.24, 2.45) is 23.7 Å². The first-order valence-electron chi connectivity index (χ1n) is 10.8. The van der Waals surface area contributed by atoms with Gasteiger partial charge in [-0.15, -0.1) is 0 Å². The van der Waals surface area contributed by atoms with Crippen LogP contribution >= 0.6 is 0 Å². The predicted octanol–water partition coefficient (Wildman–Crippen LogP) is 3.04. The highest BCUT2D eigenvalue weighted by Gasteiger charge is 2.42. The van der Waals surface area contributed by atoms with Gasteiger partial charge in [-0.2, -0.15) is 4.31 Å². The molecule has 7 heteroatoms. The van der Waals surface area contributed by atoms with Gasteiger partial charge in [-0.05, 0) is 81.0 Å². The average molecular weight is 421 g/mol. The van der Waals surface area contributed by atoms with Crippen LogP contribution in [0.3, 0.4) is 0 Å². The topological polar surface area (TPSA) is 75.7 Å². The highest BCUT2D eigenvalue weighted by molar-refractivity contribution is 7.89. The van der Waals surface area contributed by atoms with E-state index in [1.165, 1.54) is 30.0 Å². The number of hydrogen-bond acceptors (Lipinski definition) is 4. The van der Waals surface area contributed by atoms with Gasteiger partial charge in [0.05, 0.1) is 17.9 Å². The van der Waals surface area contributed by atoms with Crippen LogP contribution in [0.5, 0.6) is 5.75 Å². The number of sulfonamides is 1. The molecule has 2 aliphatic carbocycles. The molecular formula is C22H32N2O4S. The largest absolute Gasteiger partial charge is 0.497 e. The molecule has 5 atom stereocenters. The molecule has 1 saturated heterocycles. The highest BCUT2D eigenvalue weighted by Crippen LogP contribution is 2.49. The summed E-state index contributed by atoms with van der Waals surface area (Å²) >= 11 is 0. The van der Waals surface area contributed by atoms with Crippen molar-refractivity contribution in [3.8, 4) is 5.75 Å². The zero-order chi connectivity index (χ0) is 20.6. The van der Waals surface area contributed by atoms with Crippen molar-refractivity contribution in [3.05, 3.63) is 24.3 Å². The molecule has 4 rings (SSSR count). The number of hydrogen-bond donors (Lipinski definition) is 1. The van der Waals surface area contributed by atoms with Crippen molar-refractivity contribution in [1.29, 1.82) is 0 Å². The zero-order valence-corrected chi connectivity index (χ0v) is 18.2. The van der Waals surface area contributed by atoms with Crippen LogP contribution in [-0.4, -0.2) is 44.9 Å². The molecule has 0 radical (unpaired) electrons. The van der Waals surface area contributed by atoms with Crippen molar-refractivity contribution in [2.45, 2.75) is 56.4 Å². The van der Waals surface area contributed by atoms with Crippen LogP contribution in [0, 0.1) is 23.7 Å². The second kappa shape index (κ2) is 8.26. The monoisotopic (exact) mass is 420 g/mol. The van der Waals surface area contributed by atoms with E-state index < -0.39 is 10.0 Å². The number of carbonyl (C=O) groups is 1. The summed E-state index contributed by atoms with van der Waals surface area (Å²) in [6.45, 7) is 2.83. The lowest BCUT2D eigenvalue weighted by Gasteiger charge is -2.34. The molecule has 1 heterocycles. The summed E-state index contributed by atoms with van der Waals surface area (Å²) in [6.07, 6.45) is 6.65. The van der Waals surface area contributed by atoms with Gasteiger partial charge in [0.25, 0.3) is 0 Å². The summed E-state index contributed by atoms with van der Waals surface area (Å²) in [6, 6.07) is 6.60. The van der Waals surface area contributed by atoms with E-state index >= 15 is 0 Å². The molecule has 2 saturated carbocycles. The molecule has 5 unspecified atom stereocenters. The van der Waals surface area contributed by atoms with Crippen LogP contribution in [0.1, 0.15) is 45.4 Å². The van der Waals surface area contributed by atoms with Crippen molar-refractivity contribution in [2.75, 3.05) is 20.2 Å². The van der Waals surface area contributed by atoms with E-state index in [9.17, 15) is 13.2 Å². The standard InChI is InChI=1S/C22H32N2O4S/c1-15(21-13-16-5-6-17(21)12-16)23-22(25)18-4-3-11-24(14-18)29(26,27)20-9-7-19(28-2)8-10-20/h7-10,15-18,21H,3-6,11-14H2,1-2H3,(H,23,25). The first-order valence-corrected chi connectivity index (χ1v) is 12.3. The van der Waals surface area contributed by atoms with Crippen LogP contribution in [0.2, 0.25) is 0 Å². The SMILES string of the molecule is COc1ccc(S(=O)(=O)N2CCCC(C(=O)NC(C)C3CC4CCC3C4)C2)cc1. The molecule has 1 N–H and O–H groups in total. The van der Waals surface area contributed by atoms with Gasteiger partial charge in [0.2, 0.25) is 15.9 Å². The lowest BCUT2D eigenvalue weighted by molar-refractivity contribution is -0.127. The van der Waals surface area contributed by atoms with E-state index in [0.717, 1.165) is 18.3 Å². The third-order valence-corrected chi connectivity index (χ3v) is 9.14. The molecule has 29 heavy (non-hydrogen) atoms. The molecule has 0 spiro atoms. The van der Waals surface area contributed by atoms with Gasteiger partial charge in [-0.25, -0.2) is 8.42 Å². The van der Waals surface area contributed by atoms with Gasteiger partial charge in [-0.1, -0.05) is 6.42 Å². The predicted molar refractivity (Wildman–Crippen MR) is 111 cm³/mol. The van der Waals surface area contributed by atoms with Crippen molar-refractivity contribution >= 4 is 15.9 Å². The minimum absolute atomic E-state index is 0.00917. The van der Waals surface area contributed by atoms with Crippen molar-refractivity contribution < 1.29 is 17.9 Å². The summed E-state index contributed by atoms with van der Waals surface area (Å²) < 4.78 is 32.6. The van der Waals surface area contributed by atoms with E-state index in [1.54, 1.807) is 31.4 Å². The van der Waals surface area contributed by atoms with Crippen LogP contribution < -0.4 is 10.1 Å². The molecule has 6 nitrogen and oxygen atoms in total. The normalized spacial score (nSPS) is 30.8. The molecule has 0 aromatic heterocycles. The number of benzene rings is 1. The fourth-order valence-corrected chi connectivity index (χ4v) is 7.15. The molecular weight excluding hydrogens is 388 g/mol. The Kier molecular flexibility index (Phi) is 5.89. The molecule has 1 aromatic rings. The Bertz CT molecular complexity index is 839. The smallest absolute Gasteiger partial charge is 0.243 e.